The molecule has 2 rings (SSSR count). The van der Waals surface area contributed by atoms with Crippen LogP contribution in [-0.2, 0) is 6.42 Å². The van der Waals surface area contributed by atoms with Crippen molar-refractivity contribution < 1.29 is 9.90 Å². The Labute approximate surface area is 111 Å². The van der Waals surface area contributed by atoms with Gasteiger partial charge in [-0.2, -0.15) is 0 Å². The quantitative estimate of drug-likeness (QED) is 0.569. The molecular weight excluding hydrogens is 242 g/mol. The second-order valence-corrected chi connectivity index (χ2v) is 4.13. The number of nitrogens with two attached hydrogens (primary N) is 1. The van der Waals surface area contributed by atoms with Crippen molar-refractivity contribution in [2.24, 2.45) is 0 Å². The molecule has 0 saturated heterocycles. The molecule has 0 spiro atoms. The van der Waals surface area contributed by atoms with Gasteiger partial charge in [0.15, 0.2) is 0 Å². The highest BCUT2D eigenvalue weighted by Crippen LogP contribution is 2.18. The van der Waals surface area contributed by atoms with Crippen molar-refractivity contribution in [2.45, 2.75) is 6.42 Å². The summed E-state index contributed by atoms with van der Waals surface area (Å²) in [4.78, 5) is 15.8. The van der Waals surface area contributed by atoms with Crippen LogP contribution in [-0.4, -0.2) is 22.5 Å². The lowest BCUT2D eigenvalue weighted by Gasteiger charge is -2.08. The Bertz CT molecular complexity index is 570. The third kappa shape index (κ3) is 3.45. The molecule has 1 aromatic heterocycles. The van der Waals surface area contributed by atoms with Crippen LogP contribution < -0.4 is 11.1 Å². The van der Waals surface area contributed by atoms with E-state index in [1.807, 2.05) is 12.1 Å². The van der Waals surface area contributed by atoms with Gasteiger partial charge in [-0.3, -0.25) is 9.78 Å². The number of pyridine rings is 1. The number of nitrogens with one attached hydrogen (secondary N) is 1. The summed E-state index contributed by atoms with van der Waals surface area (Å²) in [6, 6.07) is 8.11. The van der Waals surface area contributed by atoms with Gasteiger partial charge in [0.25, 0.3) is 5.91 Å². The molecule has 1 amide bonds. The van der Waals surface area contributed by atoms with Crippen molar-refractivity contribution in [2.75, 3.05) is 12.3 Å². The second kappa shape index (κ2) is 5.86. The van der Waals surface area contributed by atoms with Crippen LogP contribution in [0.25, 0.3) is 0 Å². The number of hydrogen-bond acceptors (Lipinski definition) is 4. The van der Waals surface area contributed by atoms with Gasteiger partial charge in [0.2, 0.25) is 0 Å². The lowest BCUT2D eigenvalue weighted by Crippen LogP contribution is -2.26. The number of carbonyl (C=O) groups excluding carboxylic acids is 1. The molecule has 0 radical (unpaired) electrons. The average Bonchev–Trinajstić information content (AvgIpc) is 2.42. The molecular formula is C14H15N3O2. The number of rotatable bonds is 4. The Morgan fingerprint density at radius 3 is 2.74 bits per heavy atom. The van der Waals surface area contributed by atoms with E-state index in [1.54, 1.807) is 12.4 Å². The minimum Gasteiger partial charge on any atom is -0.508 e. The molecule has 0 saturated carbocycles. The van der Waals surface area contributed by atoms with Crippen molar-refractivity contribution in [3.63, 3.8) is 0 Å². The van der Waals surface area contributed by atoms with Crippen LogP contribution in [0.2, 0.25) is 0 Å². The number of benzene rings is 1. The molecule has 5 heteroatoms. The number of nitrogens with zero attached hydrogens (tertiary/aromatic N) is 1. The van der Waals surface area contributed by atoms with E-state index in [4.69, 9.17) is 5.73 Å². The van der Waals surface area contributed by atoms with E-state index < -0.39 is 0 Å². The third-order valence-electron chi connectivity index (χ3n) is 2.73. The fraction of sp³-hybridized carbons (Fsp3) is 0.143. The molecule has 0 aliphatic heterocycles. The topological polar surface area (TPSA) is 88.2 Å². The summed E-state index contributed by atoms with van der Waals surface area (Å²) in [6.07, 6.45) is 4.14. The van der Waals surface area contributed by atoms with Crippen molar-refractivity contribution in [1.29, 1.82) is 0 Å². The number of anilines is 1. The van der Waals surface area contributed by atoms with Crippen molar-refractivity contribution in [3.05, 3.63) is 53.9 Å². The first kappa shape index (κ1) is 12.9. The molecule has 0 fully saturated rings. The molecule has 0 aliphatic rings. The van der Waals surface area contributed by atoms with Gasteiger partial charge in [0, 0.05) is 24.6 Å². The zero-order valence-corrected chi connectivity index (χ0v) is 10.3. The maximum Gasteiger partial charge on any atom is 0.253 e. The Morgan fingerprint density at radius 2 is 2.00 bits per heavy atom. The third-order valence-corrected chi connectivity index (χ3v) is 2.73. The Morgan fingerprint density at radius 1 is 1.26 bits per heavy atom. The van der Waals surface area contributed by atoms with E-state index in [0.717, 1.165) is 5.56 Å². The molecule has 19 heavy (non-hydrogen) atoms. The highest BCUT2D eigenvalue weighted by Gasteiger charge is 2.09. The number of phenolic OH excluding ortho intramolecular Hbond substituents is 1. The molecule has 0 bridgehead atoms. The first-order valence-corrected chi connectivity index (χ1v) is 5.92. The van der Waals surface area contributed by atoms with Gasteiger partial charge >= 0.3 is 0 Å². The van der Waals surface area contributed by atoms with Crippen LogP contribution in [0.3, 0.4) is 0 Å². The van der Waals surface area contributed by atoms with Gasteiger partial charge in [-0.05, 0) is 42.3 Å². The molecule has 0 atom stereocenters. The SMILES string of the molecule is Nc1ccc(O)cc1C(=O)NCCc1ccncc1. The van der Waals surface area contributed by atoms with Gasteiger partial charge < -0.3 is 16.2 Å². The van der Waals surface area contributed by atoms with Gasteiger partial charge in [-0.15, -0.1) is 0 Å². The van der Waals surface area contributed by atoms with Crippen molar-refractivity contribution in [1.82, 2.24) is 10.3 Å². The molecule has 5 nitrogen and oxygen atoms in total. The molecule has 0 aliphatic carbocycles. The van der Waals surface area contributed by atoms with Gasteiger partial charge in [-0.1, -0.05) is 0 Å². The first-order valence-electron chi connectivity index (χ1n) is 5.92. The van der Waals surface area contributed by atoms with Crippen LogP contribution in [0.4, 0.5) is 5.69 Å². The Hall–Kier alpha value is -2.56. The zero-order chi connectivity index (χ0) is 13.7. The fourth-order valence-corrected chi connectivity index (χ4v) is 1.71. The number of carbonyl (C=O) groups is 1. The smallest absolute Gasteiger partial charge is 0.253 e. The lowest BCUT2D eigenvalue weighted by molar-refractivity contribution is 0.0954. The summed E-state index contributed by atoms with van der Waals surface area (Å²) in [7, 11) is 0. The highest BCUT2D eigenvalue weighted by molar-refractivity contribution is 5.99. The van der Waals surface area contributed by atoms with E-state index >= 15 is 0 Å². The number of amides is 1. The van der Waals surface area contributed by atoms with Crippen LogP contribution in [0.5, 0.6) is 5.75 Å². The average molecular weight is 257 g/mol. The molecule has 2 aromatic rings. The van der Waals surface area contributed by atoms with Gasteiger partial charge in [0.05, 0.1) is 5.56 Å². The zero-order valence-electron chi connectivity index (χ0n) is 10.3. The fourth-order valence-electron chi connectivity index (χ4n) is 1.71. The summed E-state index contributed by atoms with van der Waals surface area (Å²) >= 11 is 0. The van der Waals surface area contributed by atoms with E-state index in [0.29, 0.717) is 18.7 Å². The van der Waals surface area contributed by atoms with E-state index in [9.17, 15) is 9.90 Å². The number of hydrogen-bond donors (Lipinski definition) is 3. The normalized spacial score (nSPS) is 10.1. The van der Waals surface area contributed by atoms with E-state index in [1.165, 1.54) is 18.2 Å². The van der Waals surface area contributed by atoms with Gasteiger partial charge in [0.1, 0.15) is 5.75 Å². The molecule has 1 heterocycles. The summed E-state index contributed by atoms with van der Waals surface area (Å²) in [5.41, 5.74) is 7.42. The maximum absolute atomic E-state index is 11.9. The summed E-state index contributed by atoms with van der Waals surface area (Å²) in [5.74, 6) is -0.268. The Balaban J connectivity index is 1.93. The Kier molecular flexibility index (Phi) is 3.97. The number of nitrogen functional groups attached to an aromatic ring is 1. The molecule has 0 unspecified atom stereocenters. The minimum atomic E-state index is -0.289. The number of aromatic nitrogens is 1. The van der Waals surface area contributed by atoms with E-state index in [2.05, 4.69) is 10.3 Å². The van der Waals surface area contributed by atoms with Crippen LogP contribution in [0, 0.1) is 0 Å². The van der Waals surface area contributed by atoms with Crippen molar-refractivity contribution in [3.8, 4) is 5.75 Å². The summed E-state index contributed by atoms with van der Waals surface area (Å²) in [5, 5.41) is 12.1. The van der Waals surface area contributed by atoms with Crippen molar-refractivity contribution >= 4 is 11.6 Å². The molecule has 1 aromatic carbocycles. The number of aromatic hydroxyl groups is 1. The second-order valence-electron chi connectivity index (χ2n) is 4.13. The molecule has 98 valence electrons. The summed E-state index contributed by atoms with van der Waals surface area (Å²) < 4.78 is 0. The summed E-state index contributed by atoms with van der Waals surface area (Å²) in [6.45, 7) is 0.498. The van der Waals surface area contributed by atoms with Gasteiger partial charge in [-0.25, -0.2) is 0 Å². The van der Waals surface area contributed by atoms with E-state index in [-0.39, 0.29) is 17.2 Å². The van der Waals surface area contributed by atoms with Crippen LogP contribution >= 0.6 is 0 Å². The minimum absolute atomic E-state index is 0.0217. The monoisotopic (exact) mass is 257 g/mol. The standard InChI is InChI=1S/C14H15N3O2/c15-13-2-1-11(18)9-12(13)14(19)17-8-5-10-3-6-16-7-4-10/h1-4,6-7,9,18H,5,8,15H2,(H,17,19). The lowest BCUT2D eigenvalue weighted by atomic mass is 10.1. The first-order chi connectivity index (χ1) is 9.16. The van der Waals surface area contributed by atoms with Crippen LogP contribution in [0.1, 0.15) is 15.9 Å². The predicted octanol–water partition coefficient (Wildman–Crippen LogP) is 1.34. The largest absolute Gasteiger partial charge is 0.508 e. The highest BCUT2D eigenvalue weighted by atomic mass is 16.3. The number of phenols is 1. The maximum atomic E-state index is 11.9. The predicted molar refractivity (Wildman–Crippen MR) is 72.8 cm³/mol. The molecule has 4 N–H and O–H groups in total. The van der Waals surface area contributed by atoms with Crippen LogP contribution in [0.15, 0.2) is 42.7 Å².